The molecule has 12 heteroatoms. The third kappa shape index (κ3) is 7.01. The molecule has 0 unspecified atom stereocenters. The largest absolute Gasteiger partial charge is 0.465 e. The van der Waals surface area contributed by atoms with Crippen LogP contribution in [-0.4, -0.2) is 43.3 Å². The summed E-state index contributed by atoms with van der Waals surface area (Å²) in [7, 11) is 1.23. The predicted molar refractivity (Wildman–Crippen MR) is 139 cm³/mol. The average Bonchev–Trinajstić information content (AvgIpc) is 3.23. The number of para-hydroxylation sites is 1. The number of ether oxygens (including phenoxy) is 2. The Bertz CT molecular complexity index is 1570. The van der Waals surface area contributed by atoms with Gasteiger partial charge in [0, 0.05) is 19.8 Å². The maximum Gasteiger partial charge on any atom is 0.418 e. The van der Waals surface area contributed by atoms with Crippen LogP contribution in [0.2, 0.25) is 0 Å². The number of hydrogen-bond acceptors (Lipinski definition) is 7. The molecule has 0 aliphatic carbocycles. The number of alkyl halides is 3. The molecule has 0 spiro atoms. The van der Waals surface area contributed by atoms with Crippen LogP contribution < -0.4 is 20.1 Å². The summed E-state index contributed by atoms with van der Waals surface area (Å²) in [5, 5.41) is 12.4. The van der Waals surface area contributed by atoms with Gasteiger partial charge in [-0.3, -0.25) is 14.2 Å². The van der Waals surface area contributed by atoms with Crippen molar-refractivity contribution in [3.05, 3.63) is 84.8 Å². The number of nitriles is 1. The number of benzene rings is 2. The van der Waals surface area contributed by atoms with Gasteiger partial charge in [0.2, 0.25) is 0 Å². The Morgan fingerprint density at radius 2 is 1.85 bits per heavy atom. The fourth-order valence-corrected chi connectivity index (χ4v) is 4.66. The molecule has 1 amide bonds. The minimum absolute atomic E-state index is 0.0234. The van der Waals surface area contributed by atoms with Crippen molar-refractivity contribution in [2.75, 3.05) is 26.9 Å². The van der Waals surface area contributed by atoms with Crippen LogP contribution in [0.3, 0.4) is 0 Å². The minimum Gasteiger partial charge on any atom is -0.465 e. The van der Waals surface area contributed by atoms with E-state index < -0.39 is 40.4 Å². The molecule has 0 saturated carbocycles. The normalized spacial score (nSPS) is 12.6. The highest BCUT2D eigenvalue weighted by Gasteiger charge is 2.34. The van der Waals surface area contributed by atoms with Gasteiger partial charge < -0.3 is 14.8 Å². The number of hydrogen-bond donors (Lipinski definition) is 1. The molecule has 3 rings (SSSR count). The van der Waals surface area contributed by atoms with Gasteiger partial charge in [0.1, 0.15) is 10.7 Å². The molecule has 3 aromatic rings. The Morgan fingerprint density at radius 1 is 1.15 bits per heavy atom. The van der Waals surface area contributed by atoms with Gasteiger partial charge in [-0.15, -0.1) is 11.3 Å². The molecule has 1 aromatic heterocycles. The second-order valence-electron chi connectivity index (χ2n) is 7.98. The van der Waals surface area contributed by atoms with E-state index in [1.54, 1.807) is 6.07 Å². The van der Waals surface area contributed by atoms with Crippen molar-refractivity contribution in [1.29, 1.82) is 5.26 Å². The number of amides is 1. The Hall–Kier alpha value is -4.21. The highest BCUT2D eigenvalue weighted by Crippen LogP contribution is 2.32. The Balaban J connectivity index is 2.24. The monoisotopic (exact) mass is 559 g/mol. The molecular formula is C27H24F3N3O5S. The fraction of sp³-hybridized carbons (Fsp3) is 0.259. The number of nitrogens with zero attached hydrogens (tertiary/aromatic N) is 2. The average molecular weight is 560 g/mol. The van der Waals surface area contributed by atoms with Gasteiger partial charge in [-0.1, -0.05) is 24.3 Å². The van der Waals surface area contributed by atoms with Crippen molar-refractivity contribution in [2.45, 2.75) is 19.5 Å². The number of halogens is 3. The van der Waals surface area contributed by atoms with E-state index in [1.807, 2.05) is 6.92 Å². The maximum atomic E-state index is 13.9. The molecule has 0 fully saturated rings. The molecule has 1 N–H and O–H groups in total. The second kappa shape index (κ2) is 13.0. The Kier molecular flexibility index (Phi) is 9.81. The Labute approximate surface area is 225 Å². The lowest BCUT2D eigenvalue weighted by Crippen LogP contribution is -2.35. The van der Waals surface area contributed by atoms with Crippen LogP contribution in [0.25, 0.3) is 17.3 Å². The molecule has 0 aliphatic rings. The number of aromatic nitrogens is 1. The summed E-state index contributed by atoms with van der Waals surface area (Å²) in [6.45, 7) is 2.84. The second-order valence-corrected chi connectivity index (χ2v) is 9.01. The quantitative estimate of drug-likeness (QED) is 0.319. The first-order valence-electron chi connectivity index (χ1n) is 11.7. The SMILES string of the molecule is CCOCCCNC(=O)/C(C#N)=c1\s/c(=C\c2ccc(C(=O)OC)cc2)c(=O)n1-c1ccccc1C(F)(F)F. The van der Waals surface area contributed by atoms with Crippen molar-refractivity contribution in [2.24, 2.45) is 0 Å². The van der Waals surface area contributed by atoms with Crippen LogP contribution in [0.15, 0.2) is 53.3 Å². The molecule has 2 aromatic carbocycles. The summed E-state index contributed by atoms with van der Waals surface area (Å²) >= 11 is 0.709. The molecule has 1 heterocycles. The third-order valence-electron chi connectivity index (χ3n) is 5.41. The molecular weight excluding hydrogens is 535 g/mol. The van der Waals surface area contributed by atoms with E-state index in [9.17, 15) is 32.8 Å². The molecule has 0 aliphatic heterocycles. The predicted octanol–water partition coefficient (Wildman–Crippen LogP) is 2.75. The van der Waals surface area contributed by atoms with E-state index in [1.165, 1.54) is 49.6 Å². The molecule has 8 nitrogen and oxygen atoms in total. The number of thiazole rings is 1. The van der Waals surface area contributed by atoms with Crippen LogP contribution in [0, 0.1) is 11.3 Å². The van der Waals surface area contributed by atoms with Crippen molar-refractivity contribution in [1.82, 2.24) is 9.88 Å². The number of rotatable bonds is 9. The van der Waals surface area contributed by atoms with Crippen LogP contribution in [-0.2, 0) is 20.4 Å². The smallest absolute Gasteiger partial charge is 0.418 e. The zero-order valence-electron chi connectivity index (χ0n) is 21.0. The first kappa shape index (κ1) is 29.3. The first-order chi connectivity index (χ1) is 18.6. The molecule has 0 atom stereocenters. The molecule has 204 valence electrons. The summed E-state index contributed by atoms with van der Waals surface area (Å²) in [5.41, 5.74) is -2.25. The Morgan fingerprint density at radius 3 is 2.46 bits per heavy atom. The summed E-state index contributed by atoms with van der Waals surface area (Å²) in [4.78, 5) is 38.1. The van der Waals surface area contributed by atoms with E-state index in [-0.39, 0.29) is 21.3 Å². The topological polar surface area (TPSA) is 110 Å². The minimum atomic E-state index is -4.81. The van der Waals surface area contributed by atoms with Crippen molar-refractivity contribution >= 4 is 34.9 Å². The zero-order valence-corrected chi connectivity index (χ0v) is 21.8. The van der Waals surface area contributed by atoms with Crippen LogP contribution >= 0.6 is 11.3 Å². The van der Waals surface area contributed by atoms with E-state index in [0.717, 1.165) is 16.7 Å². The van der Waals surface area contributed by atoms with E-state index in [4.69, 9.17) is 4.74 Å². The summed E-state index contributed by atoms with van der Waals surface area (Å²) in [6.07, 6.45) is -2.95. The highest BCUT2D eigenvalue weighted by molar-refractivity contribution is 7.07. The van der Waals surface area contributed by atoms with Crippen LogP contribution in [0.5, 0.6) is 0 Å². The lowest BCUT2D eigenvalue weighted by Gasteiger charge is -2.13. The summed E-state index contributed by atoms with van der Waals surface area (Å²) in [6, 6.07) is 12.2. The van der Waals surface area contributed by atoms with Crippen LogP contribution in [0.1, 0.15) is 34.8 Å². The van der Waals surface area contributed by atoms with E-state index in [2.05, 4.69) is 10.1 Å². The van der Waals surface area contributed by atoms with E-state index in [0.29, 0.717) is 36.5 Å². The summed E-state index contributed by atoms with van der Waals surface area (Å²) in [5.74, 6) is -1.39. The molecule has 0 radical (unpaired) electrons. The van der Waals surface area contributed by atoms with Crippen LogP contribution in [0.4, 0.5) is 13.2 Å². The highest BCUT2D eigenvalue weighted by atomic mass is 32.1. The maximum absolute atomic E-state index is 13.9. The van der Waals surface area contributed by atoms with Gasteiger partial charge in [0.05, 0.1) is 28.5 Å². The first-order valence-corrected chi connectivity index (χ1v) is 12.5. The van der Waals surface area contributed by atoms with Crippen molar-refractivity contribution in [3.8, 4) is 11.8 Å². The standard InChI is InChI=1S/C27H24F3N3O5S/c1-3-38-14-6-13-32-23(34)19(16-31)25-33(21-8-5-4-7-20(21)27(28,29)30)24(35)22(39-25)15-17-9-11-18(12-10-17)26(36)37-2/h4-5,7-12,15H,3,6,13-14H2,1-2H3,(H,32,34)/b22-15-,25-19-. The zero-order chi connectivity index (χ0) is 28.6. The molecule has 39 heavy (non-hydrogen) atoms. The fourth-order valence-electron chi connectivity index (χ4n) is 3.57. The van der Waals surface area contributed by atoms with Gasteiger partial charge in [-0.2, -0.15) is 18.4 Å². The lowest BCUT2D eigenvalue weighted by molar-refractivity contribution is -0.137. The third-order valence-corrected chi connectivity index (χ3v) is 6.50. The van der Waals surface area contributed by atoms with Gasteiger partial charge in [0.25, 0.3) is 11.5 Å². The van der Waals surface area contributed by atoms with Crippen molar-refractivity contribution < 1.29 is 32.2 Å². The summed E-state index contributed by atoms with van der Waals surface area (Å²) < 4.78 is 51.9. The number of carbonyl (C=O) groups excluding carboxylic acids is 2. The molecule has 0 saturated heterocycles. The lowest BCUT2D eigenvalue weighted by atomic mass is 10.1. The van der Waals surface area contributed by atoms with E-state index >= 15 is 0 Å². The number of methoxy groups -OCH3 is 1. The van der Waals surface area contributed by atoms with Gasteiger partial charge in [-0.25, -0.2) is 4.79 Å². The number of carbonyl (C=O) groups is 2. The number of esters is 1. The van der Waals surface area contributed by atoms with Gasteiger partial charge in [-0.05, 0) is 49.2 Å². The van der Waals surface area contributed by atoms with Gasteiger partial charge >= 0.3 is 12.1 Å². The number of nitrogens with one attached hydrogen (secondary N) is 1. The van der Waals surface area contributed by atoms with Crippen molar-refractivity contribution in [3.63, 3.8) is 0 Å². The van der Waals surface area contributed by atoms with Gasteiger partial charge in [0.15, 0.2) is 5.57 Å². The molecule has 0 bridgehead atoms.